The maximum absolute atomic E-state index is 13.3. The highest BCUT2D eigenvalue weighted by Gasteiger charge is 2.23. The molecule has 4 nitrogen and oxygen atoms in total. The van der Waals surface area contributed by atoms with Crippen molar-refractivity contribution in [2.45, 2.75) is 32.7 Å². The van der Waals surface area contributed by atoms with E-state index < -0.39 is 22.8 Å². The van der Waals surface area contributed by atoms with Gasteiger partial charge in [-0.1, -0.05) is 29.8 Å². The molecule has 3 aromatic rings. The number of carbonyl (C=O) groups is 1. The number of hydrogen-bond acceptors (Lipinski definition) is 2. The van der Waals surface area contributed by atoms with Gasteiger partial charge in [0.2, 0.25) is 0 Å². The fourth-order valence-electron chi connectivity index (χ4n) is 2.98. The number of aryl methyl sites for hydroxylation is 1. The minimum atomic E-state index is -0.535. The van der Waals surface area contributed by atoms with E-state index in [1.807, 2.05) is 45.0 Å². The summed E-state index contributed by atoms with van der Waals surface area (Å²) < 4.78 is 13.3. The second kappa shape index (κ2) is 6.75. The van der Waals surface area contributed by atoms with Crippen LogP contribution in [-0.2, 0) is 6.42 Å². The maximum atomic E-state index is 13.3. The zero-order valence-electron chi connectivity index (χ0n) is 15.0. The lowest BCUT2D eigenvalue weighted by Gasteiger charge is -2.26. The molecule has 0 radical (unpaired) electrons. The highest BCUT2D eigenvalue weighted by atomic mass is 19.1. The van der Waals surface area contributed by atoms with Gasteiger partial charge in [0.25, 0.3) is 11.5 Å². The number of carbonyl (C=O) groups excluding carboxylic acids is 1. The predicted octanol–water partition coefficient (Wildman–Crippen LogP) is 3.73. The second-order valence-electron chi connectivity index (χ2n) is 7.24. The van der Waals surface area contributed by atoms with Crippen molar-refractivity contribution in [3.05, 3.63) is 81.4 Å². The molecule has 2 aromatic carbocycles. The van der Waals surface area contributed by atoms with Crippen LogP contribution in [0.5, 0.6) is 0 Å². The molecule has 2 N–H and O–H groups in total. The Morgan fingerprint density at radius 2 is 1.81 bits per heavy atom. The topological polar surface area (TPSA) is 62.0 Å². The number of amides is 1. The lowest BCUT2D eigenvalue weighted by Crippen LogP contribution is -2.46. The standard InChI is InChI=1S/C21H21FN2O2/c1-13-4-6-14(7-5-13)12-21(2,3)24-20(26)17-10-15-8-9-16(22)11-18(15)23-19(17)25/h4-11H,12H2,1-3H3,(H,23,25)(H,24,26). The molecule has 0 aliphatic rings. The molecule has 134 valence electrons. The van der Waals surface area contributed by atoms with Gasteiger partial charge in [-0.25, -0.2) is 4.39 Å². The monoisotopic (exact) mass is 352 g/mol. The maximum Gasteiger partial charge on any atom is 0.261 e. The fraction of sp³-hybridized carbons (Fsp3) is 0.238. The molecule has 3 rings (SSSR count). The van der Waals surface area contributed by atoms with Crippen LogP contribution in [0.15, 0.2) is 53.3 Å². The van der Waals surface area contributed by atoms with E-state index in [1.54, 1.807) is 0 Å². The van der Waals surface area contributed by atoms with Crippen LogP contribution in [-0.4, -0.2) is 16.4 Å². The van der Waals surface area contributed by atoms with Crippen LogP contribution in [0.25, 0.3) is 10.9 Å². The van der Waals surface area contributed by atoms with Crippen molar-refractivity contribution in [2.75, 3.05) is 0 Å². The molecule has 0 bridgehead atoms. The summed E-state index contributed by atoms with van der Waals surface area (Å²) in [5.41, 5.74) is 1.59. The summed E-state index contributed by atoms with van der Waals surface area (Å²) in [6.45, 7) is 5.85. The number of hydrogen-bond donors (Lipinski definition) is 2. The van der Waals surface area contributed by atoms with E-state index in [0.29, 0.717) is 17.3 Å². The van der Waals surface area contributed by atoms with Gasteiger partial charge in [-0.2, -0.15) is 0 Å². The Bertz CT molecular complexity index is 1020. The summed E-state index contributed by atoms with van der Waals surface area (Å²) in [6.07, 6.45) is 0.635. The number of halogens is 1. The molecule has 1 heterocycles. The predicted molar refractivity (Wildman–Crippen MR) is 101 cm³/mol. The number of H-pyrrole nitrogens is 1. The van der Waals surface area contributed by atoms with Crippen LogP contribution in [0.4, 0.5) is 4.39 Å². The summed E-state index contributed by atoms with van der Waals surface area (Å²) in [7, 11) is 0. The van der Waals surface area contributed by atoms with E-state index in [9.17, 15) is 14.0 Å². The summed E-state index contributed by atoms with van der Waals surface area (Å²) >= 11 is 0. The van der Waals surface area contributed by atoms with Gasteiger partial charge in [-0.3, -0.25) is 9.59 Å². The number of aromatic nitrogens is 1. The molecule has 0 atom stereocenters. The third-order valence-corrected chi connectivity index (χ3v) is 4.27. The molecule has 5 heteroatoms. The summed E-state index contributed by atoms with van der Waals surface area (Å²) in [5, 5.41) is 3.52. The molecule has 0 unspecified atom stereocenters. The molecule has 0 spiro atoms. The average Bonchev–Trinajstić information content (AvgIpc) is 2.55. The van der Waals surface area contributed by atoms with E-state index in [4.69, 9.17) is 0 Å². The molecule has 1 amide bonds. The third kappa shape index (κ3) is 3.99. The van der Waals surface area contributed by atoms with Gasteiger partial charge >= 0.3 is 0 Å². The van der Waals surface area contributed by atoms with E-state index in [-0.39, 0.29) is 5.56 Å². The molecular weight excluding hydrogens is 331 g/mol. The van der Waals surface area contributed by atoms with Crippen LogP contribution >= 0.6 is 0 Å². The van der Waals surface area contributed by atoms with Crippen LogP contribution in [0.2, 0.25) is 0 Å². The van der Waals surface area contributed by atoms with Crippen LogP contribution in [0.3, 0.4) is 0 Å². The Hall–Kier alpha value is -2.95. The first-order valence-corrected chi connectivity index (χ1v) is 8.44. The Labute approximate surface area is 151 Å². The van der Waals surface area contributed by atoms with Crippen molar-refractivity contribution in [1.82, 2.24) is 10.3 Å². The van der Waals surface area contributed by atoms with E-state index in [0.717, 1.165) is 5.56 Å². The SMILES string of the molecule is Cc1ccc(CC(C)(C)NC(=O)c2cc3ccc(F)cc3[nH]c2=O)cc1. The number of nitrogens with one attached hydrogen (secondary N) is 2. The average molecular weight is 352 g/mol. The zero-order valence-corrected chi connectivity index (χ0v) is 15.0. The lowest BCUT2D eigenvalue weighted by atomic mass is 9.94. The first-order valence-electron chi connectivity index (χ1n) is 8.44. The first kappa shape index (κ1) is 17.9. The molecule has 1 aromatic heterocycles. The van der Waals surface area contributed by atoms with Crippen molar-refractivity contribution in [3.8, 4) is 0 Å². The van der Waals surface area contributed by atoms with Gasteiger partial charge in [0.05, 0.1) is 5.52 Å². The number of rotatable bonds is 4. The highest BCUT2D eigenvalue weighted by Crippen LogP contribution is 2.16. The van der Waals surface area contributed by atoms with Crippen molar-refractivity contribution in [3.63, 3.8) is 0 Å². The first-order chi connectivity index (χ1) is 12.2. The van der Waals surface area contributed by atoms with Gasteiger partial charge in [-0.05, 0) is 62.4 Å². The molecule has 0 fully saturated rings. The van der Waals surface area contributed by atoms with Crippen molar-refractivity contribution in [2.24, 2.45) is 0 Å². The number of fused-ring (bicyclic) bond motifs is 1. The molecule has 0 saturated carbocycles. The van der Waals surface area contributed by atoms with Crippen molar-refractivity contribution in [1.29, 1.82) is 0 Å². The van der Waals surface area contributed by atoms with Gasteiger partial charge in [0.15, 0.2) is 0 Å². The Morgan fingerprint density at radius 1 is 1.12 bits per heavy atom. The molecule has 0 aliphatic carbocycles. The minimum absolute atomic E-state index is 0.0149. The van der Waals surface area contributed by atoms with Crippen molar-refractivity contribution < 1.29 is 9.18 Å². The van der Waals surface area contributed by atoms with Gasteiger partial charge < -0.3 is 10.3 Å². The summed E-state index contributed by atoms with van der Waals surface area (Å²) in [4.78, 5) is 27.4. The van der Waals surface area contributed by atoms with Gasteiger partial charge in [0, 0.05) is 5.54 Å². The summed E-state index contributed by atoms with van der Waals surface area (Å²) in [5.74, 6) is -0.890. The third-order valence-electron chi connectivity index (χ3n) is 4.27. The summed E-state index contributed by atoms with van der Waals surface area (Å²) in [6, 6.07) is 13.7. The number of benzene rings is 2. The molecular formula is C21H21FN2O2. The Balaban J connectivity index is 1.83. The van der Waals surface area contributed by atoms with Crippen LogP contribution in [0, 0.1) is 12.7 Å². The lowest BCUT2D eigenvalue weighted by molar-refractivity contribution is 0.0911. The van der Waals surface area contributed by atoms with E-state index in [2.05, 4.69) is 10.3 Å². The normalized spacial score (nSPS) is 11.5. The fourth-order valence-corrected chi connectivity index (χ4v) is 2.98. The molecule has 26 heavy (non-hydrogen) atoms. The molecule has 0 saturated heterocycles. The van der Waals surface area contributed by atoms with Gasteiger partial charge in [-0.15, -0.1) is 0 Å². The smallest absolute Gasteiger partial charge is 0.261 e. The van der Waals surface area contributed by atoms with Gasteiger partial charge in [0.1, 0.15) is 11.4 Å². The highest BCUT2D eigenvalue weighted by molar-refractivity contribution is 5.97. The molecule has 0 aliphatic heterocycles. The van der Waals surface area contributed by atoms with E-state index >= 15 is 0 Å². The van der Waals surface area contributed by atoms with Crippen molar-refractivity contribution >= 4 is 16.8 Å². The largest absolute Gasteiger partial charge is 0.347 e. The quantitative estimate of drug-likeness (QED) is 0.752. The van der Waals surface area contributed by atoms with E-state index in [1.165, 1.54) is 29.8 Å². The minimum Gasteiger partial charge on any atom is -0.347 e. The van der Waals surface area contributed by atoms with Crippen LogP contribution in [0.1, 0.15) is 35.3 Å². The van der Waals surface area contributed by atoms with Crippen LogP contribution < -0.4 is 10.9 Å². The zero-order chi connectivity index (χ0) is 18.9. The Kier molecular flexibility index (Phi) is 4.64. The number of pyridine rings is 1. The second-order valence-corrected chi connectivity index (χ2v) is 7.24. The number of aromatic amines is 1. The Morgan fingerprint density at radius 3 is 2.50 bits per heavy atom.